The number of H-pyrrole nitrogens is 1. The van der Waals surface area contributed by atoms with E-state index in [1.807, 2.05) is 30.3 Å². The summed E-state index contributed by atoms with van der Waals surface area (Å²) in [5, 5.41) is 0. The summed E-state index contributed by atoms with van der Waals surface area (Å²) in [4.78, 5) is 28.7. The second-order valence-electron chi connectivity index (χ2n) is 8.39. The molecule has 5 heteroatoms. The van der Waals surface area contributed by atoms with Crippen molar-refractivity contribution in [2.75, 3.05) is 0 Å². The molecule has 5 nitrogen and oxygen atoms in total. The largest absolute Gasteiger partial charge is 0.472 e. The highest BCUT2D eigenvalue weighted by atomic mass is 16.5. The van der Waals surface area contributed by atoms with Gasteiger partial charge in [0, 0.05) is 11.8 Å². The van der Waals surface area contributed by atoms with Gasteiger partial charge in [-0.3, -0.25) is 14.3 Å². The molecule has 0 spiro atoms. The number of aromatic amines is 1. The van der Waals surface area contributed by atoms with Crippen LogP contribution in [-0.4, -0.2) is 15.2 Å². The lowest BCUT2D eigenvalue weighted by molar-refractivity contribution is -0.0191. The van der Waals surface area contributed by atoms with Crippen molar-refractivity contribution in [2.45, 2.75) is 58.1 Å². The molecule has 0 bridgehead atoms. The number of ether oxygens (including phenoxy) is 1. The molecule has 0 saturated heterocycles. The molecule has 1 aromatic carbocycles. The summed E-state index contributed by atoms with van der Waals surface area (Å²) in [5.41, 5.74) is 0.615. The first-order valence-corrected chi connectivity index (χ1v) is 9.47. The monoisotopic (exact) mass is 354 g/mol. The minimum atomic E-state index is -0.407. The van der Waals surface area contributed by atoms with E-state index in [0.717, 1.165) is 24.8 Å². The fraction of sp³-hybridized carbons (Fsp3) is 0.524. The standard InChI is InChI=1S/C21H26N2O3/c1-13-9-10-16-15(11-13)17-18(26-21(16,2)3)22-20(25)23(19(17)24)12-14-7-5-4-6-8-14/h4-8,13,15-16H,9-12H2,1-3H3,(H,22,25)/t13-,15+,16-/m1/s1. The summed E-state index contributed by atoms with van der Waals surface area (Å²) in [6.07, 6.45) is 3.18. The van der Waals surface area contributed by atoms with Crippen LogP contribution >= 0.6 is 0 Å². The molecule has 138 valence electrons. The average molecular weight is 354 g/mol. The van der Waals surface area contributed by atoms with Crippen molar-refractivity contribution in [1.82, 2.24) is 9.55 Å². The first-order valence-electron chi connectivity index (χ1n) is 9.47. The van der Waals surface area contributed by atoms with Gasteiger partial charge in [0.25, 0.3) is 5.56 Å². The number of benzene rings is 1. The molecule has 4 rings (SSSR count). The van der Waals surface area contributed by atoms with Gasteiger partial charge < -0.3 is 4.74 Å². The molecule has 1 N–H and O–H groups in total. The molecule has 1 aromatic heterocycles. The number of rotatable bonds is 2. The van der Waals surface area contributed by atoms with Gasteiger partial charge in [0.15, 0.2) is 0 Å². The molecule has 2 aromatic rings. The van der Waals surface area contributed by atoms with Crippen LogP contribution in [-0.2, 0) is 6.54 Å². The lowest BCUT2D eigenvalue weighted by Gasteiger charge is -2.47. The molecular weight excluding hydrogens is 328 g/mol. The molecule has 2 aliphatic rings. The number of fused-ring (bicyclic) bond motifs is 3. The van der Waals surface area contributed by atoms with Crippen LogP contribution < -0.4 is 16.0 Å². The van der Waals surface area contributed by atoms with Crippen molar-refractivity contribution in [1.29, 1.82) is 0 Å². The maximum Gasteiger partial charge on any atom is 0.331 e. The Morgan fingerprint density at radius 3 is 2.65 bits per heavy atom. The van der Waals surface area contributed by atoms with Crippen molar-refractivity contribution in [3.63, 3.8) is 0 Å². The minimum Gasteiger partial charge on any atom is -0.472 e. The Kier molecular flexibility index (Phi) is 4.05. The SMILES string of the molecule is C[C@@H]1CC[C@@H]2[C@H](C1)c1c([nH]c(=O)n(Cc3ccccc3)c1=O)OC2(C)C. The van der Waals surface area contributed by atoms with Gasteiger partial charge in [-0.05, 0) is 38.2 Å². The smallest absolute Gasteiger partial charge is 0.331 e. The highest BCUT2D eigenvalue weighted by molar-refractivity contribution is 5.33. The van der Waals surface area contributed by atoms with E-state index < -0.39 is 5.69 Å². The molecule has 1 saturated carbocycles. The molecule has 1 fully saturated rings. The normalized spacial score (nSPS) is 26.5. The van der Waals surface area contributed by atoms with Crippen molar-refractivity contribution in [3.05, 3.63) is 62.3 Å². The van der Waals surface area contributed by atoms with Crippen LogP contribution in [0.3, 0.4) is 0 Å². The van der Waals surface area contributed by atoms with Gasteiger partial charge in [0.2, 0.25) is 5.88 Å². The van der Waals surface area contributed by atoms with Crippen LogP contribution in [0.4, 0.5) is 0 Å². The third kappa shape index (κ3) is 2.79. The van der Waals surface area contributed by atoms with Crippen molar-refractivity contribution in [3.8, 4) is 5.88 Å². The third-order valence-electron chi connectivity index (χ3n) is 6.11. The van der Waals surface area contributed by atoms with Crippen LogP contribution in [0.5, 0.6) is 5.88 Å². The van der Waals surface area contributed by atoms with Crippen LogP contribution in [0.1, 0.15) is 57.1 Å². The van der Waals surface area contributed by atoms with Gasteiger partial charge in [-0.2, -0.15) is 0 Å². The Balaban J connectivity index is 1.84. The Bertz CT molecular complexity index is 927. The van der Waals surface area contributed by atoms with Crippen LogP contribution in [0.25, 0.3) is 0 Å². The molecule has 0 amide bonds. The second kappa shape index (κ2) is 6.15. The van der Waals surface area contributed by atoms with Gasteiger partial charge in [0.1, 0.15) is 5.60 Å². The van der Waals surface area contributed by atoms with E-state index in [2.05, 4.69) is 25.8 Å². The maximum atomic E-state index is 13.3. The van der Waals surface area contributed by atoms with E-state index >= 15 is 0 Å². The molecule has 1 aliphatic carbocycles. The van der Waals surface area contributed by atoms with E-state index in [-0.39, 0.29) is 23.6 Å². The molecule has 0 unspecified atom stereocenters. The Morgan fingerprint density at radius 2 is 1.92 bits per heavy atom. The van der Waals surface area contributed by atoms with Gasteiger partial charge in [0.05, 0.1) is 12.1 Å². The van der Waals surface area contributed by atoms with E-state index in [0.29, 0.717) is 23.3 Å². The fourth-order valence-corrected chi connectivity index (χ4v) is 4.75. The van der Waals surface area contributed by atoms with Crippen LogP contribution in [0, 0.1) is 11.8 Å². The third-order valence-corrected chi connectivity index (χ3v) is 6.11. The van der Waals surface area contributed by atoms with Crippen molar-refractivity contribution in [2.24, 2.45) is 11.8 Å². The van der Waals surface area contributed by atoms with Gasteiger partial charge in [-0.1, -0.05) is 43.7 Å². The van der Waals surface area contributed by atoms with E-state index in [9.17, 15) is 9.59 Å². The van der Waals surface area contributed by atoms with E-state index in [1.54, 1.807) is 0 Å². The summed E-state index contributed by atoms with van der Waals surface area (Å²) in [7, 11) is 0. The van der Waals surface area contributed by atoms with Crippen molar-refractivity contribution < 1.29 is 4.74 Å². The predicted octanol–water partition coefficient (Wildman–Crippen LogP) is 3.28. The van der Waals surface area contributed by atoms with E-state index in [1.165, 1.54) is 4.57 Å². The summed E-state index contributed by atoms with van der Waals surface area (Å²) in [6, 6.07) is 9.61. The first kappa shape index (κ1) is 17.1. The molecule has 2 heterocycles. The summed E-state index contributed by atoms with van der Waals surface area (Å²) in [6.45, 7) is 6.65. The zero-order chi connectivity index (χ0) is 18.5. The molecule has 3 atom stereocenters. The molecule has 1 aliphatic heterocycles. The van der Waals surface area contributed by atoms with Gasteiger partial charge in [-0.15, -0.1) is 0 Å². The minimum absolute atomic E-state index is 0.142. The van der Waals surface area contributed by atoms with E-state index in [4.69, 9.17) is 4.74 Å². The Morgan fingerprint density at radius 1 is 1.19 bits per heavy atom. The predicted molar refractivity (Wildman–Crippen MR) is 101 cm³/mol. The van der Waals surface area contributed by atoms with Gasteiger partial charge >= 0.3 is 5.69 Å². The fourth-order valence-electron chi connectivity index (χ4n) is 4.75. The lowest BCUT2D eigenvalue weighted by atomic mass is 9.65. The Labute approximate surface area is 153 Å². The summed E-state index contributed by atoms with van der Waals surface area (Å²) in [5.74, 6) is 1.40. The zero-order valence-electron chi connectivity index (χ0n) is 15.6. The van der Waals surface area contributed by atoms with Gasteiger partial charge in [-0.25, -0.2) is 4.79 Å². The maximum absolute atomic E-state index is 13.3. The van der Waals surface area contributed by atoms with Crippen LogP contribution in [0.2, 0.25) is 0 Å². The molecule has 26 heavy (non-hydrogen) atoms. The van der Waals surface area contributed by atoms with Crippen molar-refractivity contribution >= 4 is 0 Å². The number of hydrogen-bond acceptors (Lipinski definition) is 3. The summed E-state index contributed by atoms with van der Waals surface area (Å²) < 4.78 is 7.43. The first-order chi connectivity index (χ1) is 12.4. The van der Waals surface area contributed by atoms with Crippen LogP contribution in [0.15, 0.2) is 39.9 Å². The lowest BCUT2D eigenvalue weighted by Crippen LogP contribution is -2.51. The zero-order valence-corrected chi connectivity index (χ0v) is 15.6. The number of aromatic nitrogens is 2. The summed E-state index contributed by atoms with van der Waals surface area (Å²) >= 11 is 0. The average Bonchev–Trinajstić information content (AvgIpc) is 2.58. The second-order valence-corrected chi connectivity index (χ2v) is 8.39. The molecule has 0 radical (unpaired) electrons. The highest BCUT2D eigenvalue weighted by Gasteiger charge is 2.47. The number of nitrogens with one attached hydrogen (secondary N) is 1. The quantitative estimate of drug-likeness (QED) is 0.900. The molecular formula is C21H26N2O3. The number of nitrogens with zero attached hydrogens (tertiary/aromatic N) is 1. The topological polar surface area (TPSA) is 64.1 Å². The Hall–Kier alpha value is -2.30. The highest BCUT2D eigenvalue weighted by Crippen LogP contribution is 2.50. The number of hydrogen-bond donors (Lipinski definition) is 1.